The monoisotopic (exact) mass is 275 g/mol. The molecule has 1 aliphatic rings. The first kappa shape index (κ1) is 15.4. The Morgan fingerprint density at radius 1 is 1.30 bits per heavy atom. The molecular weight excluding hydrogens is 246 g/mol. The van der Waals surface area contributed by atoms with Crippen molar-refractivity contribution in [1.29, 1.82) is 0 Å². The smallest absolute Gasteiger partial charge is 0.122 e. The first-order valence-corrected chi connectivity index (χ1v) is 7.98. The highest BCUT2D eigenvalue weighted by Crippen LogP contribution is 2.44. The maximum Gasteiger partial charge on any atom is 0.122 e. The van der Waals surface area contributed by atoms with E-state index in [2.05, 4.69) is 44.4 Å². The molecule has 20 heavy (non-hydrogen) atoms. The van der Waals surface area contributed by atoms with E-state index in [-0.39, 0.29) is 0 Å². The van der Waals surface area contributed by atoms with E-state index in [9.17, 15) is 0 Å². The lowest BCUT2D eigenvalue weighted by atomic mass is 9.70. The van der Waals surface area contributed by atoms with Gasteiger partial charge in [0.15, 0.2) is 0 Å². The number of benzene rings is 1. The molecule has 112 valence electrons. The third-order valence-electron chi connectivity index (χ3n) is 4.93. The average molecular weight is 275 g/mol. The van der Waals surface area contributed by atoms with Crippen molar-refractivity contribution >= 4 is 0 Å². The van der Waals surface area contributed by atoms with E-state index in [0.717, 1.165) is 24.1 Å². The topological polar surface area (TPSA) is 21.3 Å². The second-order valence-corrected chi connectivity index (χ2v) is 6.26. The van der Waals surface area contributed by atoms with Crippen LogP contribution in [0.2, 0.25) is 0 Å². The summed E-state index contributed by atoms with van der Waals surface area (Å²) in [6.45, 7) is 5.61. The molecule has 2 heteroatoms. The molecule has 0 aliphatic heterocycles. The minimum atomic E-state index is 0.635. The molecule has 3 atom stereocenters. The largest absolute Gasteiger partial charge is 0.496 e. The van der Waals surface area contributed by atoms with Crippen molar-refractivity contribution in [2.24, 2.45) is 11.8 Å². The second kappa shape index (κ2) is 7.12. The van der Waals surface area contributed by atoms with Crippen LogP contribution in [0.5, 0.6) is 5.75 Å². The number of aryl methyl sites for hydroxylation is 1. The van der Waals surface area contributed by atoms with E-state index in [4.69, 9.17) is 4.74 Å². The molecule has 1 N–H and O–H groups in total. The molecule has 2 nitrogen and oxygen atoms in total. The summed E-state index contributed by atoms with van der Waals surface area (Å²) in [6, 6.07) is 6.62. The number of rotatable bonds is 5. The molecule has 0 spiro atoms. The Morgan fingerprint density at radius 3 is 2.75 bits per heavy atom. The van der Waals surface area contributed by atoms with Gasteiger partial charge in [0.05, 0.1) is 7.11 Å². The van der Waals surface area contributed by atoms with Crippen molar-refractivity contribution in [3.8, 4) is 5.75 Å². The standard InChI is InChI=1S/C18H29NO/c1-5-14-7-8-15(12-19-3)16(11-14)17-10-13(2)6-9-18(17)20-4/h6,9-10,14-16,19H,5,7-8,11-12H2,1-4H3. The molecular formula is C18H29NO. The van der Waals surface area contributed by atoms with Crippen LogP contribution < -0.4 is 10.1 Å². The molecule has 2 rings (SSSR count). The normalized spacial score (nSPS) is 26.5. The van der Waals surface area contributed by atoms with E-state index in [1.165, 1.54) is 36.8 Å². The Labute approximate surface area is 123 Å². The lowest BCUT2D eigenvalue weighted by molar-refractivity contribution is 0.224. The number of nitrogens with one attached hydrogen (secondary N) is 1. The summed E-state index contributed by atoms with van der Waals surface area (Å²) >= 11 is 0. The number of hydrogen-bond donors (Lipinski definition) is 1. The zero-order chi connectivity index (χ0) is 14.5. The van der Waals surface area contributed by atoms with Crippen molar-refractivity contribution in [2.45, 2.75) is 45.4 Å². The van der Waals surface area contributed by atoms with Gasteiger partial charge in [-0.15, -0.1) is 0 Å². The van der Waals surface area contributed by atoms with Crippen LogP contribution in [0, 0.1) is 18.8 Å². The van der Waals surface area contributed by atoms with E-state index in [0.29, 0.717) is 5.92 Å². The van der Waals surface area contributed by atoms with Crippen LogP contribution in [0.1, 0.15) is 49.7 Å². The van der Waals surface area contributed by atoms with Gasteiger partial charge in [0.2, 0.25) is 0 Å². The summed E-state index contributed by atoms with van der Waals surface area (Å²) in [5.41, 5.74) is 2.76. The van der Waals surface area contributed by atoms with E-state index < -0.39 is 0 Å². The highest BCUT2D eigenvalue weighted by atomic mass is 16.5. The SMILES string of the molecule is CCC1CCC(CNC)C(c2cc(C)ccc2OC)C1. The fourth-order valence-corrected chi connectivity index (χ4v) is 3.72. The van der Waals surface area contributed by atoms with Gasteiger partial charge in [-0.2, -0.15) is 0 Å². The van der Waals surface area contributed by atoms with Crippen molar-refractivity contribution < 1.29 is 4.74 Å². The zero-order valence-electron chi connectivity index (χ0n) is 13.4. The second-order valence-electron chi connectivity index (χ2n) is 6.26. The van der Waals surface area contributed by atoms with Crippen molar-refractivity contribution in [1.82, 2.24) is 5.32 Å². The molecule has 0 aromatic heterocycles. The van der Waals surface area contributed by atoms with Gasteiger partial charge in [-0.3, -0.25) is 0 Å². The molecule has 0 heterocycles. The van der Waals surface area contributed by atoms with E-state index in [1.54, 1.807) is 7.11 Å². The number of hydrogen-bond acceptors (Lipinski definition) is 2. The third kappa shape index (κ3) is 3.35. The fraction of sp³-hybridized carbons (Fsp3) is 0.667. The zero-order valence-corrected chi connectivity index (χ0v) is 13.4. The van der Waals surface area contributed by atoms with Crippen LogP contribution in [0.3, 0.4) is 0 Å². The first-order valence-electron chi connectivity index (χ1n) is 7.98. The highest BCUT2D eigenvalue weighted by Gasteiger charge is 2.32. The number of methoxy groups -OCH3 is 1. The molecule has 1 aliphatic carbocycles. The van der Waals surface area contributed by atoms with Crippen molar-refractivity contribution in [2.75, 3.05) is 20.7 Å². The lowest BCUT2D eigenvalue weighted by Gasteiger charge is -2.37. The summed E-state index contributed by atoms with van der Waals surface area (Å²) in [5, 5.41) is 3.38. The van der Waals surface area contributed by atoms with Gasteiger partial charge in [0, 0.05) is 0 Å². The van der Waals surface area contributed by atoms with Crippen LogP contribution in [0.15, 0.2) is 18.2 Å². The third-order valence-corrected chi connectivity index (χ3v) is 4.93. The van der Waals surface area contributed by atoms with Gasteiger partial charge in [0.1, 0.15) is 5.75 Å². The van der Waals surface area contributed by atoms with Gasteiger partial charge < -0.3 is 10.1 Å². The predicted octanol–water partition coefficient (Wildman–Crippen LogP) is 4.13. The van der Waals surface area contributed by atoms with Crippen LogP contribution in [0.4, 0.5) is 0 Å². The van der Waals surface area contributed by atoms with E-state index in [1.807, 2.05) is 0 Å². The molecule has 0 bridgehead atoms. The fourth-order valence-electron chi connectivity index (χ4n) is 3.72. The summed E-state index contributed by atoms with van der Waals surface area (Å²) in [7, 11) is 3.86. The minimum absolute atomic E-state index is 0.635. The number of ether oxygens (including phenoxy) is 1. The van der Waals surface area contributed by atoms with Crippen molar-refractivity contribution in [3.63, 3.8) is 0 Å². The highest BCUT2D eigenvalue weighted by molar-refractivity contribution is 5.40. The molecule has 0 radical (unpaired) electrons. The Kier molecular flexibility index (Phi) is 5.47. The summed E-state index contributed by atoms with van der Waals surface area (Å²) in [5.74, 6) is 3.31. The summed E-state index contributed by atoms with van der Waals surface area (Å²) in [4.78, 5) is 0. The Bertz CT molecular complexity index is 429. The summed E-state index contributed by atoms with van der Waals surface area (Å²) < 4.78 is 5.63. The lowest BCUT2D eigenvalue weighted by Crippen LogP contribution is -2.30. The molecule has 3 unspecified atom stereocenters. The maximum absolute atomic E-state index is 5.63. The average Bonchev–Trinajstić information content (AvgIpc) is 2.48. The van der Waals surface area contributed by atoms with E-state index >= 15 is 0 Å². The quantitative estimate of drug-likeness (QED) is 0.872. The minimum Gasteiger partial charge on any atom is -0.496 e. The molecule has 1 aromatic rings. The Balaban J connectivity index is 2.31. The van der Waals surface area contributed by atoms with Gasteiger partial charge >= 0.3 is 0 Å². The molecule has 0 amide bonds. The molecule has 0 saturated heterocycles. The van der Waals surface area contributed by atoms with Gasteiger partial charge in [-0.1, -0.05) is 37.5 Å². The van der Waals surface area contributed by atoms with Crippen LogP contribution in [-0.2, 0) is 0 Å². The van der Waals surface area contributed by atoms with Gasteiger partial charge in [-0.25, -0.2) is 0 Å². The van der Waals surface area contributed by atoms with Gasteiger partial charge in [-0.05, 0) is 62.7 Å². The predicted molar refractivity (Wildman–Crippen MR) is 85.5 cm³/mol. The maximum atomic E-state index is 5.63. The van der Waals surface area contributed by atoms with Crippen LogP contribution in [0.25, 0.3) is 0 Å². The van der Waals surface area contributed by atoms with Crippen molar-refractivity contribution in [3.05, 3.63) is 29.3 Å². The Hall–Kier alpha value is -1.02. The van der Waals surface area contributed by atoms with Gasteiger partial charge in [0.25, 0.3) is 0 Å². The molecule has 1 saturated carbocycles. The summed E-state index contributed by atoms with van der Waals surface area (Å²) in [6.07, 6.45) is 5.33. The Morgan fingerprint density at radius 2 is 2.10 bits per heavy atom. The van der Waals surface area contributed by atoms with Crippen LogP contribution in [-0.4, -0.2) is 20.7 Å². The first-order chi connectivity index (χ1) is 9.69. The van der Waals surface area contributed by atoms with Crippen LogP contribution >= 0.6 is 0 Å². The molecule has 1 aromatic carbocycles. The molecule has 1 fully saturated rings.